The van der Waals surface area contributed by atoms with E-state index in [1.807, 2.05) is 11.8 Å². The van der Waals surface area contributed by atoms with Crippen LogP contribution in [-0.4, -0.2) is 92.7 Å². The SMILES string of the molecule is C#Cc1c(F)ccc2cccc(-c3ncc4c(N5CCN(C(=O)/C(F)=C/c6ccccn6)C[C@H]5C)nc(OC[C@@]56CCCN5C[C@H](F)C6)nc4c3F)c12. The van der Waals surface area contributed by atoms with Crippen LogP contribution >= 0.6 is 0 Å². The van der Waals surface area contributed by atoms with Crippen molar-refractivity contribution in [2.75, 3.05) is 44.2 Å². The van der Waals surface area contributed by atoms with Crippen molar-refractivity contribution in [3.63, 3.8) is 0 Å². The van der Waals surface area contributed by atoms with Gasteiger partial charge in [0.25, 0.3) is 5.91 Å². The summed E-state index contributed by atoms with van der Waals surface area (Å²) in [6.07, 6.45) is 10.8. The average molecular weight is 722 g/mol. The van der Waals surface area contributed by atoms with Gasteiger partial charge in [0.2, 0.25) is 0 Å². The fourth-order valence-electron chi connectivity index (χ4n) is 8.09. The lowest BCUT2D eigenvalue weighted by Crippen LogP contribution is -2.54. The van der Waals surface area contributed by atoms with E-state index in [2.05, 4.69) is 25.8 Å². The molecule has 1 amide bonds. The van der Waals surface area contributed by atoms with Crippen molar-refractivity contribution in [2.24, 2.45) is 0 Å². The Morgan fingerprint density at radius 2 is 1.94 bits per heavy atom. The van der Waals surface area contributed by atoms with Crippen LogP contribution in [0.5, 0.6) is 6.01 Å². The molecule has 0 spiro atoms. The fourth-order valence-corrected chi connectivity index (χ4v) is 8.09. The number of fused-ring (bicyclic) bond motifs is 3. The van der Waals surface area contributed by atoms with Crippen molar-refractivity contribution in [2.45, 2.75) is 43.9 Å². The lowest BCUT2D eigenvalue weighted by atomic mass is 9.95. The second-order valence-corrected chi connectivity index (χ2v) is 13.9. The van der Waals surface area contributed by atoms with E-state index in [9.17, 15) is 13.6 Å². The van der Waals surface area contributed by atoms with Crippen molar-refractivity contribution in [1.29, 1.82) is 0 Å². The molecule has 0 bridgehead atoms. The zero-order valence-electron chi connectivity index (χ0n) is 28.9. The van der Waals surface area contributed by atoms with E-state index in [-0.39, 0.29) is 54.4 Å². The highest BCUT2D eigenvalue weighted by Gasteiger charge is 2.49. The molecule has 13 heteroatoms. The van der Waals surface area contributed by atoms with Crippen molar-refractivity contribution in [3.8, 4) is 29.6 Å². The molecule has 0 N–H and O–H groups in total. The Balaban J connectivity index is 1.18. The predicted molar refractivity (Wildman–Crippen MR) is 193 cm³/mol. The molecule has 3 fully saturated rings. The Hall–Kier alpha value is -5.61. The molecule has 0 radical (unpaired) electrons. The fraction of sp³-hybridized carbons (Fsp3) is 0.325. The molecule has 3 atom stereocenters. The molecule has 270 valence electrons. The van der Waals surface area contributed by atoms with Crippen LogP contribution < -0.4 is 9.64 Å². The largest absolute Gasteiger partial charge is 0.461 e. The van der Waals surface area contributed by atoms with Gasteiger partial charge in [0.1, 0.15) is 35.6 Å². The van der Waals surface area contributed by atoms with Crippen molar-refractivity contribution < 1.29 is 27.1 Å². The van der Waals surface area contributed by atoms with Gasteiger partial charge in [-0.3, -0.25) is 19.7 Å². The van der Waals surface area contributed by atoms with Gasteiger partial charge in [0, 0.05) is 68.1 Å². The van der Waals surface area contributed by atoms with Crippen LogP contribution in [0.1, 0.15) is 37.4 Å². The van der Waals surface area contributed by atoms with Crippen LogP contribution in [-0.2, 0) is 4.79 Å². The lowest BCUT2D eigenvalue weighted by Gasteiger charge is -2.40. The summed E-state index contributed by atoms with van der Waals surface area (Å²) < 4.78 is 67.7. The Morgan fingerprint density at radius 1 is 1.08 bits per heavy atom. The summed E-state index contributed by atoms with van der Waals surface area (Å²) >= 11 is 0. The first-order valence-corrected chi connectivity index (χ1v) is 17.6. The molecule has 53 heavy (non-hydrogen) atoms. The van der Waals surface area contributed by atoms with E-state index in [1.54, 1.807) is 42.5 Å². The minimum absolute atomic E-state index is 0.0116. The van der Waals surface area contributed by atoms with Gasteiger partial charge in [-0.2, -0.15) is 9.97 Å². The number of pyridine rings is 2. The third-order valence-electron chi connectivity index (χ3n) is 10.6. The minimum atomic E-state index is -0.972. The molecule has 0 aliphatic carbocycles. The zero-order chi connectivity index (χ0) is 36.9. The first-order chi connectivity index (χ1) is 25.7. The van der Waals surface area contributed by atoms with Gasteiger partial charge in [0.05, 0.1) is 22.2 Å². The summed E-state index contributed by atoms with van der Waals surface area (Å²) in [6, 6.07) is 12.4. The number of amides is 1. The molecule has 0 saturated carbocycles. The number of terminal acetylenes is 1. The molecule has 9 nitrogen and oxygen atoms in total. The van der Waals surface area contributed by atoms with E-state index < -0.39 is 41.1 Å². The Labute approximate surface area is 303 Å². The maximum atomic E-state index is 16.9. The second kappa shape index (κ2) is 13.7. The summed E-state index contributed by atoms with van der Waals surface area (Å²) in [7, 11) is 0. The molecule has 2 aromatic carbocycles. The van der Waals surface area contributed by atoms with Crippen molar-refractivity contribution in [1.82, 2.24) is 29.7 Å². The maximum absolute atomic E-state index is 16.9. The number of halogens is 4. The minimum Gasteiger partial charge on any atom is -0.461 e. The number of anilines is 1. The molecular weight excluding hydrogens is 686 g/mol. The van der Waals surface area contributed by atoms with E-state index in [0.717, 1.165) is 25.5 Å². The monoisotopic (exact) mass is 721 g/mol. The van der Waals surface area contributed by atoms with Crippen LogP contribution in [0.4, 0.5) is 23.4 Å². The standard InChI is InChI=1S/C40H35F4N7O2/c1-3-28-31(42)12-11-25-8-6-10-29(33(25)28)35-34(44)36-30(20-46-35)37(48-39(47-36)53-23-40-13-7-15-50(40)22-26(41)19-40)51-17-16-49(21-24(51)2)38(52)32(43)18-27-9-4-5-14-45-27/h1,4-6,8-12,14,18,20,24,26H,7,13,15-17,19,21-23H2,2H3/b32-18-/t24-,26-,40+/m1/s1. The maximum Gasteiger partial charge on any atom is 0.319 e. The third kappa shape index (κ3) is 6.20. The molecule has 0 unspecified atom stereocenters. The third-order valence-corrected chi connectivity index (χ3v) is 10.6. The normalized spacial score (nSPS) is 22.0. The zero-order valence-corrected chi connectivity index (χ0v) is 28.9. The number of aromatic nitrogens is 4. The highest BCUT2D eigenvalue weighted by atomic mass is 19.1. The molecule has 8 rings (SSSR count). The first-order valence-electron chi connectivity index (χ1n) is 17.6. The summed E-state index contributed by atoms with van der Waals surface area (Å²) in [6.45, 7) is 3.59. The average Bonchev–Trinajstić information content (AvgIpc) is 3.69. The van der Waals surface area contributed by atoms with Gasteiger partial charge >= 0.3 is 6.01 Å². The molecule has 3 aliphatic rings. The van der Waals surface area contributed by atoms with Crippen LogP contribution in [0.15, 0.2) is 66.8 Å². The number of carbonyl (C=O) groups excluding carboxylic acids is 1. The molecular formula is C40H35F4N7O2. The van der Waals surface area contributed by atoms with Gasteiger partial charge in [-0.05, 0) is 49.9 Å². The summed E-state index contributed by atoms with van der Waals surface area (Å²) in [5, 5.41) is 1.23. The Morgan fingerprint density at radius 3 is 2.74 bits per heavy atom. The predicted octanol–water partition coefficient (Wildman–Crippen LogP) is 6.50. The second-order valence-electron chi connectivity index (χ2n) is 13.9. The molecule has 3 saturated heterocycles. The number of nitrogens with zero attached hydrogens (tertiary/aromatic N) is 7. The van der Waals surface area contributed by atoms with Gasteiger partial charge in [0.15, 0.2) is 11.6 Å². The highest BCUT2D eigenvalue weighted by Crippen LogP contribution is 2.41. The smallest absolute Gasteiger partial charge is 0.319 e. The number of rotatable bonds is 7. The topological polar surface area (TPSA) is 87.6 Å². The molecule has 3 aromatic heterocycles. The van der Waals surface area contributed by atoms with E-state index in [0.29, 0.717) is 40.8 Å². The first kappa shape index (κ1) is 34.5. The number of carbonyl (C=O) groups is 1. The van der Waals surface area contributed by atoms with Gasteiger partial charge < -0.3 is 14.5 Å². The quantitative estimate of drug-likeness (QED) is 0.107. The molecule has 6 heterocycles. The summed E-state index contributed by atoms with van der Waals surface area (Å²) in [5.41, 5.74) is -0.0820. The summed E-state index contributed by atoms with van der Waals surface area (Å²) in [5.74, 6) is -0.389. The van der Waals surface area contributed by atoms with E-state index in [1.165, 1.54) is 23.4 Å². The van der Waals surface area contributed by atoms with Gasteiger partial charge in [-0.25, -0.2) is 17.6 Å². The van der Waals surface area contributed by atoms with Crippen LogP contribution in [0.2, 0.25) is 0 Å². The van der Waals surface area contributed by atoms with E-state index >= 15 is 8.78 Å². The van der Waals surface area contributed by atoms with E-state index in [4.69, 9.17) is 16.1 Å². The highest BCUT2D eigenvalue weighted by molar-refractivity contribution is 6.02. The van der Waals surface area contributed by atoms with Gasteiger partial charge in [-0.1, -0.05) is 36.3 Å². The Kier molecular flexibility index (Phi) is 8.94. The number of benzene rings is 2. The van der Waals surface area contributed by atoms with Crippen LogP contribution in [0.3, 0.4) is 0 Å². The molecule has 3 aliphatic heterocycles. The summed E-state index contributed by atoms with van der Waals surface area (Å²) in [4.78, 5) is 36.4. The van der Waals surface area contributed by atoms with Crippen LogP contribution in [0, 0.1) is 24.0 Å². The number of hydrogen-bond acceptors (Lipinski definition) is 8. The van der Waals surface area contributed by atoms with Crippen LogP contribution in [0.25, 0.3) is 39.0 Å². The number of alkyl halides is 1. The lowest BCUT2D eigenvalue weighted by molar-refractivity contribution is -0.129. The van der Waals surface area contributed by atoms with Gasteiger partial charge in [-0.15, -0.1) is 6.42 Å². The number of hydrogen-bond donors (Lipinski definition) is 0. The number of piperazine rings is 1. The van der Waals surface area contributed by atoms with Crippen molar-refractivity contribution in [3.05, 3.63) is 89.6 Å². The Bertz CT molecular complexity index is 2320. The molecule has 5 aromatic rings. The van der Waals surface area contributed by atoms with Crippen molar-refractivity contribution >= 4 is 39.5 Å². The number of ether oxygens (including phenoxy) is 1.